The second-order valence-electron chi connectivity index (χ2n) is 7.17. The molecule has 3 heterocycles. The van der Waals surface area contributed by atoms with Crippen molar-refractivity contribution in [3.63, 3.8) is 0 Å². The number of ether oxygens (including phenoxy) is 2. The first-order chi connectivity index (χ1) is 12.3. The summed E-state index contributed by atoms with van der Waals surface area (Å²) in [5.41, 5.74) is 2.43. The van der Waals surface area contributed by atoms with E-state index in [2.05, 4.69) is 28.7 Å². The highest BCUT2D eigenvalue weighted by atomic mass is 16.5. The lowest BCUT2D eigenvalue weighted by Gasteiger charge is -2.43. The molecule has 5 heteroatoms. The molecular formula is C20H27N3O2. The molecule has 0 saturated carbocycles. The maximum Gasteiger partial charge on any atom is 0.0741 e. The summed E-state index contributed by atoms with van der Waals surface area (Å²) in [7, 11) is 0. The van der Waals surface area contributed by atoms with Crippen LogP contribution in [0.1, 0.15) is 31.2 Å². The summed E-state index contributed by atoms with van der Waals surface area (Å²) in [6.07, 6.45) is 9.38. The van der Waals surface area contributed by atoms with Crippen LogP contribution in [-0.4, -0.2) is 47.8 Å². The van der Waals surface area contributed by atoms with Crippen molar-refractivity contribution in [2.45, 2.75) is 43.7 Å². The standard InChI is InChI=1S/C20H27N3O2/c1-2-4-19(5-3-1)23-16-17(15-22-23)6-10-21-18-7-11-25-20(14-18)8-12-24-13-9-20/h1-5,15-16,18,21H,6-14H2/t18-/m1/s1. The Kier molecular flexibility index (Phi) is 5.15. The number of nitrogens with zero attached hydrogens (tertiary/aromatic N) is 2. The Bertz CT molecular complexity index is 659. The fourth-order valence-corrected chi connectivity index (χ4v) is 3.93. The van der Waals surface area contributed by atoms with E-state index in [1.54, 1.807) is 0 Å². The van der Waals surface area contributed by atoms with Gasteiger partial charge in [0.25, 0.3) is 0 Å². The molecule has 0 radical (unpaired) electrons. The first-order valence-corrected chi connectivity index (χ1v) is 9.37. The average Bonchev–Trinajstić information content (AvgIpc) is 3.12. The molecule has 25 heavy (non-hydrogen) atoms. The first kappa shape index (κ1) is 16.8. The molecule has 0 amide bonds. The topological polar surface area (TPSA) is 48.3 Å². The molecule has 1 spiro atoms. The molecule has 1 aromatic heterocycles. The van der Waals surface area contributed by atoms with Crippen molar-refractivity contribution in [1.82, 2.24) is 15.1 Å². The smallest absolute Gasteiger partial charge is 0.0741 e. The fraction of sp³-hybridized carbons (Fsp3) is 0.550. The van der Waals surface area contributed by atoms with E-state index in [0.29, 0.717) is 6.04 Å². The van der Waals surface area contributed by atoms with E-state index in [0.717, 1.165) is 64.2 Å². The Labute approximate surface area is 149 Å². The number of benzene rings is 1. The summed E-state index contributed by atoms with van der Waals surface area (Å²) in [6, 6.07) is 10.8. The molecule has 5 nitrogen and oxygen atoms in total. The minimum absolute atomic E-state index is 0.0619. The van der Waals surface area contributed by atoms with Gasteiger partial charge in [0.05, 0.1) is 17.5 Å². The van der Waals surface area contributed by atoms with Gasteiger partial charge in [-0.2, -0.15) is 5.10 Å². The summed E-state index contributed by atoms with van der Waals surface area (Å²) < 4.78 is 13.6. The highest BCUT2D eigenvalue weighted by Crippen LogP contribution is 2.34. The van der Waals surface area contributed by atoms with Gasteiger partial charge >= 0.3 is 0 Å². The summed E-state index contributed by atoms with van der Waals surface area (Å²) in [5, 5.41) is 8.21. The number of aromatic nitrogens is 2. The number of rotatable bonds is 5. The predicted molar refractivity (Wildman–Crippen MR) is 97.0 cm³/mol. The Balaban J connectivity index is 1.27. The number of hydrogen-bond acceptors (Lipinski definition) is 4. The van der Waals surface area contributed by atoms with Crippen molar-refractivity contribution in [1.29, 1.82) is 0 Å². The van der Waals surface area contributed by atoms with Crippen LogP contribution in [0.15, 0.2) is 42.7 Å². The lowest BCUT2D eigenvalue weighted by molar-refractivity contribution is -0.140. The molecule has 2 fully saturated rings. The zero-order valence-electron chi connectivity index (χ0n) is 14.7. The van der Waals surface area contributed by atoms with Crippen LogP contribution in [0.2, 0.25) is 0 Å². The Morgan fingerprint density at radius 3 is 2.84 bits per heavy atom. The van der Waals surface area contributed by atoms with Crippen molar-refractivity contribution in [2.24, 2.45) is 0 Å². The predicted octanol–water partition coefficient (Wildman–Crippen LogP) is 2.73. The summed E-state index contributed by atoms with van der Waals surface area (Å²) in [4.78, 5) is 0. The van der Waals surface area contributed by atoms with Crippen LogP contribution in [0.3, 0.4) is 0 Å². The highest BCUT2D eigenvalue weighted by Gasteiger charge is 2.38. The third-order valence-electron chi connectivity index (χ3n) is 5.40. The zero-order chi connectivity index (χ0) is 17.0. The molecular weight excluding hydrogens is 314 g/mol. The lowest BCUT2D eigenvalue weighted by atomic mass is 9.84. The molecule has 1 atom stereocenters. The Hall–Kier alpha value is -1.69. The molecule has 134 valence electrons. The molecule has 0 bridgehead atoms. The lowest BCUT2D eigenvalue weighted by Crippen LogP contribution is -2.50. The van der Waals surface area contributed by atoms with Crippen molar-refractivity contribution in [3.05, 3.63) is 48.3 Å². The van der Waals surface area contributed by atoms with Crippen LogP contribution < -0.4 is 5.32 Å². The second-order valence-corrected chi connectivity index (χ2v) is 7.17. The van der Waals surface area contributed by atoms with Crippen LogP contribution in [0, 0.1) is 0 Å². The van der Waals surface area contributed by atoms with Crippen LogP contribution in [0.5, 0.6) is 0 Å². The van der Waals surface area contributed by atoms with Crippen molar-refractivity contribution in [3.8, 4) is 5.69 Å². The number of hydrogen-bond donors (Lipinski definition) is 1. The van der Waals surface area contributed by atoms with Gasteiger partial charge in [0.15, 0.2) is 0 Å². The Morgan fingerprint density at radius 1 is 1.16 bits per heavy atom. The second kappa shape index (κ2) is 7.68. The third kappa shape index (κ3) is 4.11. The van der Waals surface area contributed by atoms with Crippen molar-refractivity contribution < 1.29 is 9.47 Å². The molecule has 0 unspecified atom stereocenters. The van der Waals surface area contributed by atoms with E-state index >= 15 is 0 Å². The van der Waals surface area contributed by atoms with E-state index in [9.17, 15) is 0 Å². The molecule has 4 rings (SSSR count). The van der Waals surface area contributed by atoms with Crippen LogP contribution >= 0.6 is 0 Å². The minimum atomic E-state index is 0.0619. The summed E-state index contributed by atoms with van der Waals surface area (Å²) in [5.74, 6) is 0. The normalized spacial score (nSPS) is 23.0. The first-order valence-electron chi connectivity index (χ1n) is 9.37. The summed E-state index contributed by atoms with van der Waals surface area (Å²) >= 11 is 0. The van der Waals surface area contributed by atoms with E-state index in [-0.39, 0.29) is 5.60 Å². The SMILES string of the molecule is c1ccc(-n2cc(CCN[C@@H]3CCOC4(CCOCC4)C3)cn2)cc1. The monoisotopic (exact) mass is 341 g/mol. The van der Waals surface area contributed by atoms with E-state index in [4.69, 9.17) is 9.47 Å². The van der Waals surface area contributed by atoms with E-state index < -0.39 is 0 Å². The van der Waals surface area contributed by atoms with Gasteiger partial charge in [-0.05, 0) is 56.3 Å². The molecule has 1 N–H and O–H groups in total. The maximum atomic E-state index is 6.12. The van der Waals surface area contributed by atoms with Crippen LogP contribution in [-0.2, 0) is 15.9 Å². The molecule has 2 saturated heterocycles. The largest absolute Gasteiger partial charge is 0.381 e. The third-order valence-corrected chi connectivity index (χ3v) is 5.40. The highest BCUT2D eigenvalue weighted by molar-refractivity contribution is 5.30. The van der Waals surface area contributed by atoms with Gasteiger partial charge in [-0.25, -0.2) is 4.68 Å². The van der Waals surface area contributed by atoms with Gasteiger partial charge in [0.1, 0.15) is 0 Å². The maximum absolute atomic E-state index is 6.12. The van der Waals surface area contributed by atoms with Crippen molar-refractivity contribution in [2.75, 3.05) is 26.4 Å². The quantitative estimate of drug-likeness (QED) is 0.908. The van der Waals surface area contributed by atoms with E-state index in [1.165, 1.54) is 5.56 Å². The molecule has 2 aliphatic rings. The van der Waals surface area contributed by atoms with Gasteiger partial charge in [0.2, 0.25) is 0 Å². The minimum Gasteiger partial charge on any atom is -0.381 e. The van der Waals surface area contributed by atoms with Crippen molar-refractivity contribution >= 4 is 0 Å². The van der Waals surface area contributed by atoms with Crippen LogP contribution in [0.25, 0.3) is 5.69 Å². The van der Waals surface area contributed by atoms with Gasteiger partial charge in [-0.3, -0.25) is 0 Å². The molecule has 2 aromatic rings. The number of nitrogens with one attached hydrogen (secondary N) is 1. The van der Waals surface area contributed by atoms with Crippen LogP contribution in [0.4, 0.5) is 0 Å². The van der Waals surface area contributed by atoms with Gasteiger partial charge in [-0.15, -0.1) is 0 Å². The fourth-order valence-electron chi connectivity index (χ4n) is 3.93. The molecule has 2 aliphatic heterocycles. The van der Waals surface area contributed by atoms with E-state index in [1.807, 2.05) is 29.1 Å². The molecule has 0 aliphatic carbocycles. The Morgan fingerprint density at radius 2 is 2.00 bits per heavy atom. The zero-order valence-corrected chi connectivity index (χ0v) is 14.7. The van der Waals surface area contributed by atoms with Gasteiger partial charge in [-0.1, -0.05) is 18.2 Å². The summed E-state index contributed by atoms with van der Waals surface area (Å²) in [6.45, 7) is 3.53. The number of para-hydroxylation sites is 1. The molecule has 1 aromatic carbocycles. The van der Waals surface area contributed by atoms with Gasteiger partial charge < -0.3 is 14.8 Å². The average molecular weight is 341 g/mol. The van der Waals surface area contributed by atoms with Gasteiger partial charge in [0, 0.05) is 32.1 Å².